The van der Waals surface area contributed by atoms with Gasteiger partial charge in [0.1, 0.15) is 0 Å². The smallest absolute Gasteiger partial charge is 0.0495 e. The molecule has 0 saturated heterocycles. The standard InChI is InChI=1S/C29H23N3S/c1-33(21-9-3-2-4-10-21)28-13-7-5-11-22(28)24-19-30-17-15-26(24)32-27-16-18-31-20-25(27)23-12-6-8-14-29(23)33/h2-20,32H,1H3. The normalized spacial score (nSPS) is 14.5. The van der Waals surface area contributed by atoms with Gasteiger partial charge in [-0.15, -0.1) is 0 Å². The van der Waals surface area contributed by atoms with Gasteiger partial charge in [0.25, 0.3) is 0 Å². The van der Waals surface area contributed by atoms with E-state index < -0.39 is 10.0 Å². The van der Waals surface area contributed by atoms with Gasteiger partial charge in [0.05, 0.1) is 0 Å². The molecule has 1 aliphatic rings. The Kier molecular flexibility index (Phi) is 4.74. The molecule has 0 saturated carbocycles. The van der Waals surface area contributed by atoms with Gasteiger partial charge in [-0.1, -0.05) is 54.6 Å². The van der Waals surface area contributed by atoms with E-state index in [-0.39, 0.29) is 0 Å². The summed E-state index contributed by atoms with van der Waals surface area (Å²) < 4.78 is 0. The van der Waals surface area contributed by atoms with Crippen molar-refractivity contribution in [1.29, 1.82) is 0 Å². The van der Waals surface area contributed by atoms with Crippen LogP contribution in [0.25, 0.3) is 22.3 Å². The summed E-state index contributed by atoms with van der Waals surface area (Å²) in [7, 11) is -1.61. The first-order valence-corrected chi connectivity index (χ1v) is 13.0. The second-order valence-electron chi connectivity index (χ2n) is 8.19. The fourth-order valence-electron chi connectivity index (χ4n) is 4.74. The second-order valence-corrected chi connectivity index (χ2v) is 11.4. The summed E-state index contributed by atoms with van der Waals surface area (Å²) >= 11 is 0. The Hall–Kier alpha value is -3.89. The molecule has 0 fully saturated rings. The predicted molar refractivity (Wildman–Crippen MR) is 137 cm³/mol. The van der Waals surface area contributed by atoms with E-state index in [9.17, 15) is 0 Å². The quantitative estimate of drug-likeness (QED) is 0.286. The average molecular weight is 446 g/mol. The van der Waals surface area contributed by atoms with Crippen LogP contribution in [0.5, 0.6) is 0 Å². The van der Waals surface area contributed by atoms with Gasteiger partial charge in [-0.2, -0.15) is 10.0 Å². The largest absolute Gasteiger partial charge is 0.354 e. The zero-order chi connectivity index (χ0) is 22.3. The van der Waals surface area contributed by atoms with E-state index in [4.69, 9.17) is 0 Å². The average Bonchev–Trinajstić information content (AvgIpc) is 2.89. The maximum Gasteiger partial charge on any atom is 0.0495 e. The predicted octanol–water partition coefficient (Wildman–Crippen LogP) is 7.78. The summed E-state index contributed by atoms with van der Waals surface area (Å²) in [6.45, 7) is 0. The summed E-state index contributed by atoms with van der Waals surface area (Å²) in [5.74, 6) is 0. The molecule has 0 amide bonds. The Morgan fingerprint density at radius 3 is 1.58 bits per heavy atom. The fourth-order valence-corrected chi connectivity index (χ4v) is 8.12. The maximum atomic E-state index is 4.50. The van der Waals surface area contributed by atoms with Crippen molar-refractivity contribution in [2.75, 3.05) is 11.6 Å². The van der Waals surface area contributed by atoms with Crippen LogP contribution in [0.15, 0.2) is 130 Å². The SMILES string of the molecule is CS1(c2ccccc2)c2ccccc2-c2cnccc2Nc2ccncc2-c2ccccc21. The van der Waals surface area contributed by atoms with E-state index in [0.29, 0.717) is 0 Å². The highest BCUT2D eigenvalue weighted by Crippen LogP contribution is 2.69. The van der Waals surface area contributed by atoms with Crippen LogP contribution in [-0.4, -0.2) is 16.2 Å². The van der Waals surface area contributed by atoms with Crippen LogP contribution in [0.4, 0.5) is 11.4 Å². The van der Waals surface area contributed by atoms with Gasteiger partial charge in [-0.05, 0) is 58.7 Å². The van der Waals surface area contributed by atoms with Crippen molar-refractivity contribution in [2.45, 2.75) is 14.7 Å². The van der Waals surface area contributed by atoms with Crippen molar-refractivity contribution in [2.24, 2.45) is 0 Å². The molecule has 0 aliphatic carbocycles. The van der Waals surface area contributed by atoms with E-state index in [2.05, 4.69) is 113 Å². The molecule has 0 unspecified atom stereocenters. The van der Waals surface area contributed by atoms with E-state index in [1.54, 1.807) is 0 Å². The van der Waals surface area contributed by atoms with Gasteiger partial charge in [0.2, 0.25) is 0 Å². The number of anilines is 2. The summed E-state index contributed by atoms with van der Waals surface area (Å²) in [6.07, 6.45) is 10.1. The lowest BCUT2D eigenvalue weighted by atomic mass is 10.0. The van der Waals surface area contributed by atoms with Crippen LogP contribution in [0.1, 0.15) is 0 Å². The molecule has 1 aliphatic heterocycles. The van der Waals surface area contributed by atoms with E-state index in [1.807, 2.05) is 24.8 Å². The molecule has 1 N–H and O–H groups in total. The van der Waals surface area contributed by atoms with Gasteiger partial charge in [-0.25, -0.2) is 0 Å². The first kappa shape index (κ1) is 19.8. The Labute approximate surface area is 195 Å². The number of hydrogen-bond acceptors (Lipinski definition) is 3. The van der Waals surface area contributed by atoms with Crippen molar-refractivity contribution in [3.05, 3.63) is 116 Å². The van der Waals surface area contributed by atoms with E-state index in [1.165, 1.54) is 25.8 Å². The van der Waals surface area contributed by atoms with Crippen molar-refractivity contribution < 1.29 is 0 Å². The molecule has 2 aromatic heterocycles. The third-order valence-electron chi connectivity index (χ3n) is 6.36. The Balaban J connectivity index is 1.80. The third kappa shape index (κ3) is 3.14. The molecule has 0 radical (unpaired) electrons. The molecule has 0 bridgehead atoms. The zero-order valence-corrected chi connectivity index (χ0v) is 19.1. The lowest BCUT2D eigenvalue weighted by Crippen LogP contribution is -2.08. The minimum Gasteiger partial charge on any atom is -0.354 e. The Bertz CT molecular complexity index is 1370. The molecule has 4 heteroatoms. The van der Waals surface area contributed by atoms with Crippen LogP contribution in [0.3, 0.4) is 0 Å². The number of benzene rings is 3. The van der Waals surface area contributed by atoms with Gasteiger partial charge >= 0.3 is 0 Å². The van der Waals surface area contributed by atoms with E-state index >= 15 is 0 Å². The van der Waals surface area contributed by atoms with Crippen molar-refractivity contribution in [3.63, 3.8) is 0 Å². The van der Waals surface area contributed by atoms with Gasteiger partial charge < -0.3 is 5.32 Å². The van der Waals surface area contributed by atoms with Crippen LogP contribution in [0.2, 0.25) is 0 Å². The minimum absolute atomic E-state index is 1.04. The molecule has 160 valence electrons. The lowest BCUT2D eigenvalue weighted by molar-refractivity contribution is 1.26. The molecule has 3 nitrogen and oxygen atoms in total. The van der Waals surface area contributed by atoms with Crippen LogP contribution >= 0.6 is 10.0 Å². The van der Waals surface area contributed by atoms with E-state index in [0.717, 1.165) is 22.5 Å². The first-order valence-electron chi connectivity index (χ1n) is 10.9. The van der Waals surface area contributed by atoms with Crippen LogP contribution in [-0.2, 0) is 0 Å². The van der Waals surface area contributed by atoms with Crippen molar-refractivity contribution >= 4 is 21.4 Å². The monoisotopic (exact) mass is 445 g/mol. The molecule has 3 heterocycles. The van der Waals surface area contributed by atoms with Gasteiger partial charge in [0, 0.05) is 57.1 Å². The molecular formula is C29H23N3S. The van der Waals surface area contributed by atoms with Gasteiger partial charge in [0.15, 0.2) is 0 Å². The number of fused-ring (bicyclic) bond motifs is 6. The first-order chi connectivity index (χ1) is 16.3. The zero-order valence-electron chi connectivity index (χ0n) is 18.3. The van der Waals surface area contributed by atoms with Gasteiger partial charge in [-0.3, -0.25) is 9.97 Å². The number of aromatic nitrogens is 2. The summed E-state index contributed by atoms with van der Waals surface area (Å²) in [5.41, 5.74) is 6.71. The highest BCUT2D eigenvalue weighted by Gasteiger charge is 2.32. The Morgan fingerprint density at radius 2 is 1.03 bits per heavy atom. The highest BCUT2D eigenvalue weighted by atomic mass is 32.3. The molecule has 6 rings (SSSR count). The maximum absolute atomic E-state index is 4.50. The van der Waals surface area contributed by atoms with Crippen LogP contribution < -0.4 is 5.32 Å². The molecular weight excluding hydrogens is 422 g/mol. The highest BCUT2D eigenvalue weighted by molar-refractivity contribution is 8.33. The number of hydrogen-bond donors (Lipinski definition) is 1. The van der Waals surface area contributed by atoms with Crippen LogP contribution in [0, 0.1) is 0 Å². The number of pyridine rings is 2. The topological polar surface area (TPSA) is 37.8 Å². The Morgan fingerprint density at radius 1 is 0.545 bits per heavy atom. The lowest BCUT2D eigenvalue weighted by Gasteiger charge is -2.41. The molecule has 5 aromatic rings. The third-order valence-corrected chi connectivity index (χ3v) is 10.0. The number of rotatable bonds is 1. The molecule has 33 heavy (non-hydrogen) atoms. The minimum atomic E-state index is -1.61. The van der Waals surface area contributed by atoms with Crippen molar-refractivity contribution in [3.8, 4) is 22.3 Å². The molecule has 3 aromatic carbocycles. The summed E-state index contributed by atoms with van der Waals surface area (Å²) in [4.78, 5) is 13.0. The molecule has 0 atom stereocenters. The molecule has 0 spiro atoms. The fraction of sp³-hybridized carbons (Fsp3) is 0.0345. The number of nitrogens with one attached hydrogen (secondary N) is 1. The summed E-state index contributed by atoms with van der Waals surface area (Å²) in [5, 5.41) is 3.69. The number of nitrogens with zero attached hydrogens (tertiary/aromatic N) is 2. The summed E-state index contributed by atoms with van der Waals surface area (Å²) in [6, 6.07) is 32.6. The second kappa shape index (κ2) is 7.91. The van der Waals surface area contributed by atoms with Crippen molar-refractivity contribution in [1.82, 2.24) is 9.97 Å².